The second-order valence-electron chi connectivity index (χ2n) is 14.5. The smallest absolute Gasteiger partial charge is 0.308 e. The third-order valence-corrected chi connectivity index (χ3v) is 12.9. The lowest BCUT2D eigenvalue weighted by Gasteiger charge is -2.71. The zero-order chi connectivity index (χ0) is 28.3. The number of ketones is 1. The molecule has 216 valence electrons. The molecule has 0 heterocycles. The Bertz CT molecular complexity index is 933. The lowest BCUT2D eigenvalue weighted by molar-refractivity contribution is -0.260. The third kappa shape index (κ3) is 4.31. The highest BCUT2D eigenvalue weighted by molar-refractivity contribution is 5.83. The monoisotopic (exact) mass is 532 g/mol. The van der Waals surface area contributed by atoms with Gasteiger partial charge in [-0.1, -0.05) is 54.4 Å². The van der Waals surface area contributed by atoms with Gasteiger partial charge in [-0.15, -0.1) is 0 Å². The Balaban J connectivity index is 1.76. The topological polar surface area (TPSA) is 101 Å². The Morgan fingerprint density at radius 3 is 2.24 bits per heavy atom. The van der Waals surface area contributed by atoms with E-state index in [4.69, 9.17) is 4.74 Å². The van der Waals surface area contributed by atoms with Crippen LogP contribution in [0.3, 0.4) is 0 Å². The van der Waals surface area contributed by atoms with E-state index in [-0.39, 0.29) is 29.0 Å². The first-order chi connectivity index (χ1) is 17.7. The van der Waals surface area contributed by atoms with Gasteiger partial charge in [-0.25, -0.2) is 0 Å². The molecule has 4 aliphatic rings. The predicted molar refractivity (Wildman–Crippen MR) is 146 cm³/mol. The summed E-state index contributed by atoms with van der Waals surface area (Å²) in [5.41, 5.74) is -0.497. The number of rotatable bonds is 7. The largest absolute Gasteiger partial charge is 0.461 e. The fourth-order valence-corrected chi connectivity index (χ4v) is 10.7. The molecule has 0 spiro atoms. The minimum atomic E-state index is -0.790. The number of carbonyl (C=O) groups is 3. The summed E-state index contributed by atoms with van der Waals surface area (Å²) in [5.74, 6) is -1.37. The van der Waals surface area contributed by atoms with Crippen LogP contribution in [-0.4, -0.2) is 46.6 Å². The van der Waals surface area contributed by atoms with Crippen molar-refractivity contribution in [3.05, 3.63) is 0 Å². The molecule has 0 aromatic rings. The summed E-state index contributed by atoms with van der Waals surface area (Å²) < 4.78 is 5.95. The van der Waals surface area contributed by atoms with Gasteiger partial charge in [-0.2, -0.15) is 0 Å². The van der Waals surface area contributed by atoms with E-state index in [9.17, 15) is 24.6 Å². The molecule has 6 heteroatoms. The fourth-order valence-electron chi connectivity index (χ4n) is 10.7. The quantitative estimate of drug-likeness (QED) is 0.331. The Morgan fingerprint density at radius 1 is 1.00 bits per heavy atom. The average molecular weight is 533 g/mol. The molecule has 1 unspecified atom stereocenters. The maximum absolute atomic E-state index is 13.0. The number of Topliss-reactive ketones (excluding diaryl/α,β-unsaturated/α-hetero) is 1. The van der Waals surface area contributed by atoms with Gasteiger partial charge in [0.25, 0.3) is 0 Å². The average Bonchev–Trinajstić information content (AvgIpc) is 2.85. The van der Waals surface area contributed by atoms with E-state index in [1.807, 2.05) is 6.92 Å². The molecule has 38 heavy (non-hydrogen) atoms. The highest BCUT2D eigenvalue weighted by Crippen LogP contribution is 2.73. The Kier molecular flexibility index (Phi) is 8.04. The normalized spacial score (nSPS) is 49.1. The van der Waals surface area contributed by atoms with Crippen LogP contribution in [0.1, 0.15) is 113 Å². The second kappa shape index (κ2) is 10.3. The number of esters is 1. The van der Waals surface area contributed by atoms with Gasteiger partial charge < -0.3 is 19.7 Å². The SMILES string of the molecule is CCC(O)CC(=O)O[C@@H]1C[C@H]2[C@]3(C)CC[C@H]4[C@](C)(CC)CCC[C@]4(C)[C@H]3C[C@@H](O)[C@]2(C)[C@@H](C=O)[C@H]1C(C)=O. The van der Waals surface area contributed by atoms with Gasteiger partial charge in [0.1, 0.15) is 18.2 Å². The van der Waals surface area contributed by atoms with Crippen molar-refractivity contribution in [2.45, 2.75) is 131 Å². The summed E-state index contributed by atoms with van der Waals surface area (Å²) in [7, 11) is 0. The van der Waals surface area contributed by atoms with Crippen LogP contribution in [0.15, 0.2) is 0 Å². The maximum Gasteiger partial charge on any atom is 0.308 e. The van der Waals surface area contributed by atoms with Crippen molar-refractivity contribution < 1.29 is 29.3 Å². The molecule has 0 amide bonds. The van der Waals surface area contributed by atoms with Crippen LogP contribution in [0.2, 0.25) is 0 Å². The summed E-state index contributed by atoms with van der Waals surface area (Å²) in [6, 6.07) is 0. The van der Waals surface area contributed by atoms with Gasteiger partial charge in [0.15, 0.2) is 0 Å². The van der Waals surface area contributed by atoms with Crippen molar-refractivity contribution in [3.63, 3.8) is 0 Å². The Hall–Kier alpha value is -1.27. The highest BCUT2D eigenvalue weighted by atomic mass is 16.5. The number of aliphatic hydroxyl groups is 2. The molecule has 12 atom stereocenters. The van der Waals surface area contributed by atoms with Gasteiger partial charge in [-0.05, 0) is 85.9 Å². The molecule has 0 aromatic heterocycles. The van der Waals surface area contributed by atoms with Crippen LogP contribution in [0.5, 0.6) is 0 Å². The second-order valence-corrected chi connectivity index (χ2v) is 14.5. The van der Waals surface area contributed by atoms with Crippen molar-refractivity contribution in [3.8, 4) is 0 Å². The first-order valence-corrected chi connectivity index (χ1v) is 15.2. The number of aliphatic hydroxyl groups excluding tert-OH is 2. The molecule has 4 aliphatic carbocycles. The van der Waals surface area contributed by atoms with E-state index in [0.29, 0.717) is 36.5 Å². The minimum absolute atomic E-state index is 0.0592. The Morgan fingerprint density at radius 2 is 1.66 bits per heavy atom. The maximum atomic E-state index is 13.0. The van der Waals surface area contributed by atoms with E-state index < -0.39 is 41.5 Å². The van der Waals surface area contributed by atoms with E-state index in [1.165, 1.54) is 19.8 Å². The molecular weight excluding hydrogens is 480 g/mol. The van der Waals surface area contributed by atoms with E-state index in [1.54, 1.807) is 6.92 Å². The van der Waals surface area contributed by atoms with Crippen molar-refractivity contribution in [1.29, 1.82) is 0 Å². The van der Waals surface area contributed by atoms with Crippen LogP contribution in [0, 0.1) is 51.2 Å². The number of aldehydes is 1. The van der Waals surface area contributed by atoms with Gasteiger partial charge in [0, 0.05) is 11.3 Å². The van der Waals surface area contributed by atoms with Crippen molar-refractivity contribution >= 4 is 18.0 Å². The molecule has 4 rings (SSSR count). The molecule has 0 bridgehead atoms. The fraction of sp³-hybridized carbons (Fsp3) is 0.906. The summed E-state index contributed by atoms with van der Waals surface area (Å²) in [6.45, 7) is 14.9. The first kappa shape index (κ1) is 29.7. The Labute approximate surface area is 229 Å². The standard InChI is InChI=1S/C32H52O6/c1-8-20(35)15-27(37)38-22-16-25-31(6)14-11-23-29(4,9-2)12-10-13-30(23,5)24(31)17-26(36)32(25,7)21(18-33)28(22)19(3)34/h18,20-26,28,35-36H,8-17H2,1-7H3/t20?,21-,22+,23-,24+,25-,26+,28+,29+,30-,31+,32+/m0/s1. The van der Waals surface area contributed by atoms with E-state index in [2.05, 4.69) is 27.7 Å². The predicted octanol–water partition coefficient (Wildman–Crippen LogP) is 5.51. The number of fused-ring (bicyclic) bond motifs is 5. The van der Waals surface area contributed by atoms with Crippen molar-refractivity contribution in [2.75, 3.05) is 0 Å². The molecule has 0 saturated heterocycles. The molecule has 4 fully saturated rings. The molecule has 0 aromatic carbocycles. The van der Waals surface area contributed by atoms with Gasteiger partial charge in [-0.3, -0.25) is 9.59 Å². The third-order valence-electron chi connectivity index (χ3n) is 12.9. The number of carbonyl (C=O) groups excluding carboxylic acids is 3. The lowest BCUT2D eigenvalue weighted by Crippen LogP contribution is -2.69. The van der Waals surface area contributed by atoms with Crippen LogP contribution >= 0.6 is 0 Å². The lowest BCUT2D eigenvalue weighted by atomic mass is 9.33. The summed E-state index contributed by atoms with van der Waals surface area (Å²) in [5, 5.41) is 22.0. The molecule has 2 N–H and O–H groups in total. The van der Waals surface area contributed by atoms with Crippen LogP contribution in [0.25, 0.3) is 0 Å². The molecular formula is C32H52O6. The molecule has 0 aliphatic heterocycles. The first-order valence-electron chi connectivity index (χ1n) is 15.2. The summed E-state index contributed by atoms with van der Waals surface area (Å²) in [4.78, 5) is 38.6. The summed E-state index contributed by atoms with van der Waals surface area (Å²) >= 11 is 0. The zero-order valence-electron chi connectivity index (χ0n) is 24.8. The number of ether oxygens (including phenoxy) is 1. The summed E-state index contributed by atoms with van der Waals surface area (Å²) in [6.07, 6.45) is 7.00. The van der Waals surface area contributed by atoms with Crippen molar-refractivity contribution in [1.82, 2.24) is 0 Å². The minimum Gasteiger partial charge on any atom is -0.461 e. The van der Waals surface area contributed by atoms with Gasteiger partial charge in [0.2, 0.25) is 0 Å². The van der Waals surface area contributed by atoms with Crippen LogP contribution in [0.4, 0.5) is 0 Å². The highest BCUT2D eigenvalue weighted by Gasteiger charge is 2.70. The van der Waals surface area contributed by atoms with Gasteiger partial charge >= 0.3 is 5.97 Å². The molecule has 4 saturated carbocycles. The van der Waals surface area contributed by atoms with Crippen LogP contribution in [-0.2, 0) is 19.1 Å². The molecule has 6 nitrogen and oxygen atoms in total. The zero-order valence-corrected chi connectivity index (χ0v) is 24.8. The molecule has 0 radical (unpaired) electrons. The number of hydrogen-bond acceptors (Lipinski definition) is 6. The van der Waals surface area contributed by atoms with E-state index in [0.717, 1.165) is 32.0 Å². The van der Waals surface area contributed by atoms with Crippen LogP contribution < -0.4 is 0 Å². The van der Waals surface area contributed by atoms with E-state index >= 15 is 0 Å². The van der Waals surface area contributed by atoms with Gasteiger partial charge in [0.05, 0.1) is 24.5 Å². The number of hydrogen-bond donors (Lipinski definition) is 2. The van der Waals surface area contributed by atoms with Crippen molar-refractivity contribution in [2.24, 2.45) is 51.2 Å².